The zero-order valence-corrected chi connectivity index (χ0v) is 21.7. The van der Waals surface area contributed by atoms with Gasteiger partial charge in [-0.2, -0.15) is 5.10 Å². The molecule has 2 aromatic carbocycles. The molecule has 40 heavy (non-hydrogen) atoms. The highest BCUT2D eigenvalue weighted by molar-refractivity contribution is 6.00. The van der Waals surface area contributed by atoms with Gasteiger partial charge in [-0.3, -0.25) is 14.3 Å². The lowest BCUT2D eigenvalue weighted by molar-refractivity contribution is -0.128. The van der Waals surface area contributed by atoms with Crippen LogP contribution >= 0.6 is 0 Å². The van der Waals surface area contributed by atoms with Crippen LogP contribution in [0.5, 0.6) is 0 Å². The van der Waals surface area contributed by atoms with Crippen molar-refractivity contribution in [2.45, 2.75) is 25.5 Å². The maximum Gasteiger partial charge on any atom is 0.343 e. The van der Waals surface area contributed by atoms with Gasteiger partial charge < -0.3 is 20.7 Å². The second kappa shape index (κ2) is 11.4. The van der Waals surface area contributed by atoms with E-state index in [-0.39, 0.29) is 23.3 Å². The lowest BCUT2D eigenvalue weighted by Crippen LogP contribution is -2.26. The van der Waals surface area contributed by atoms with Crippen LogP contribution in [-0.2, 0) is 14.3 Å². The highest BCUT2D eigenvalue weighted by atomic mass is 19.1. The molecule has 5 rings (SSSR count). The molecule has 4 aromatic rings. The minimum absolute atomic E-state index is 0.00983. The molecule has 1 unspecified atom stereocenters. The van der Waals surface area contributed by atoms with Crippen molar-refractivity contribution in [3.8, 4) is 11.1 Å². The first-order chi connectivity index (χ1) is 19.3. The predicted octanol–water partition coefficient (Wildman–Crippen LogP) is 4.00. The van der Waals surface area contributed by atoms with Gasteiger partial charge in [0.05, 0.1) is 12.2 Å². The Hall–Kier alpha value is -5.06. The molecule has 1 aliphatic heterocycles. The summed E-state index contributed by atoms with van der Waals surface area (Å²) in [5.41, 5.74) is 8.10. The molecule has 204 valence electrons. The fourth-order valence-corrected chi connectivity index (χ4v) is 4.54. The second-order valence-corrected chi connectivity index (χ2v) is 9.47. The van der Waals surface area contributed by atoms with Crippen LogP contribution in [0, 0.1) is 5.82 Å². The summed E-state index contributed by atoms with van der Waals surface area (Å²) in [6.45, 7) is 2.80. The van der Waals surface area contributed by atoms with E-state index >= 15 is 0 Å². The van der Waals surface area contributed by atoms with Crippen LogP contribution in [0.25, 0.3) is 11.1 Å². The van der Waals surface area contributed by atoms with E-state index in [1.54, 1.807) is 59.1 Å². The number of hydrogen-bond acceptors (Lipinski definition) is 7. The fourth-order valence-electron chi connectivity index (χ4n) is 4.54. The van der Waals surface area contributed by atoms with Crippen molar-refractivity contribution < 1.29 is 23.5 Å². The van der Waals surface area contributed by atoms with Crippen LogP contribution in [-0.4, -0.2) is 50.5 Å². The molecular weight excluding hydrogens is 515 g/mol. The molecule has 3 heterocycles. The van der Waals surface area contributed by atoms with Crippen LogP contribution < -0.4 is 11.1 Å². The van der Waals surface area contributed by atoms with Gasteiger partial charge in [-0.15, -0.1) is 0 Å². The Kier molecular flexibility index (Phi) is 7.54. The number of ether oxygens (including phenoxy) is 1. The average Bonchev–Trinajstić information content (AvgIpc) is 3.64. The van der Waals surface area contributed by atoms with Gasteiger partial charge in [-0.25, -0.2) is 14.2 Å². The first-order valence-electron chi connectivity index (χ1n) is 12.7. The number of esters is 1. The van der Waals surface area contributed by atoms with E-state index in [1.165, 1.54) is 30.5 Å². The first kappa shape index (κ1) is 26.5. The zero-order chi connectivity index (χ0) is 28.2. The van der Waals surface area contributed by atoms with Crippen LogP contribution in [0.1, 0.15) is 41.4 Å². The Labute approximate surface area is 229 Å². The van der Waals surface area contributed by atoms with Crippen LogP contribution in [0.4, 0.5) is 15.9 Å². The molecule has 1 saturated heterocycles. The fraction of sp³-hybridized carbons (Fsp3) is 0.207. The third kappa shape index (κ3) is 5.83. The molecule has 1 aliphatic rings. The van der Waals surface area contributed by atoms with E-state index in [1.807, 2.05) is 6.20 Å². The highest BCUT2D eigenvalue weighted by Crippen LogP contribution is 2.28. The predicted molar refractivity (Wildman–Crippen MR) is 145 cm³/mol. The Morgan fingerprint density at radius 1 is 1.07 bits per heavy atom. The monoisotopic (exact) mass is 542 g/mol. The number of pyridine rings is 1. The van der Waals surface area contributed by atoms with Gasteiger partial charge in [-0.1, -0.05) is 30.3 Å². The van der Waals surface area contributed by atoms with Crippen molar-refractivity contribution in [1.29, 1.82) is 0 Å². The van der Waals surface area contributed by atoms with Crippen molar-refractivity contribution in [2.75, 3.05) is 24.1 Å². The number of nitrogens with one attached hydrogen (secondary N) is 1. The van der Waals surface area contributed by atoms with Crippen molar-refractivity contribution >= 4 is 29.3 Å². The summed E-state index contributed by atoms with van der Waals surface area (Å²) in [5.74, 6) is -1.93. The molecule has 0 aliphatic carbocycles. The molecule has 2 atom stereocenters. The van der Waals surface area contributed by atoms with Gasteiger partial charge in [0.1, 0.15) is 17.2 Å². The summed E-state index contributed by atoms with van der Waals surface area (Å²) in [7, 11) is 0. The number of benzene rings is 2. The smallest absolute Gasteiger partial charge is 0.343 e. The normalized spacial score (nSPS) is 15.4. The summed E-state index contributed by atoms with van der Waals surface area (Å²) in [5, 5.41) is 7.10. The number of anilines is 2. The van der Waals surface area contributed by atoms with E-state index in [0.29, 0.717) is 35.5 Å². The van der Waals surface area contributed by atoms with E-state index in [0.717, 1.165) is 6.42 Å². The number of likely N-dealkylation sites (tertiary alicyclic amines) is 1. The zero-order valence-electron chi connectivity index (χ0n) is 21.7. The topological polar surface area (TPSA) is 132 Å². The van der Waals surface area contributed by atoms with Gasteiger partial charge in [0, 0.05) is 54.8 Å². The van der Waals surface area contributed by atoms with Gasteiger partial charge in [0.25, 0.3) is 5.91 Å². The molecule has 0 spiro atoms. The van der Waals surface area contributed by atoms with Crippen molar-refractivity contribution in [3.63, 3.8) is 0 Å². The summed E-state index contributed by atoms with van der Waals surface area (Å²) in [6.07, 6.45) is 4.50. The van der Waals surface area contributed by atoms with E-state index in [4.69, 9.17) is 10.5 Å². The molecule has 2 aromatic heterocycles. The second-order valence-electron chi connectivity index (χ2n) is 9.47. The number of amides is 2. The summed E-state index contributed by atoms with van der Waals surface area (Å²) in [6, 6.07) is 15.4. The Balaban J connectivity index is 1.36. The number of carbonyl (C=O) groups excluding carboxylic acids is 3. The third-order valence-corrected chi connectivity index (χ3v) is 6.73. The lowest BCUT2D eigenvalue weighted by atomic mass is 10.1. The molecule has 1 fully saturated rings. The maximum atomic E-state index is 13.3. The minimum atomic E-state index is -1.31. The SMILES string of the molecule is CC(=O)N1CCC(n2cc(-c3cnc(N)c(C(=O)O[C@@H](C(=O)Nc4ccc(F)cc4)c4ccccc4)c3)cn2)C1. The number of carbonyl (C=O) groups is 3. The van der Waals surface area contributed by atoms with Crippen molar-refractivity contribution in [1.82, 2.24) is 19.7 Å². The van der Waals surface area contributed by atoms with Crippen LogP contribution in [0.2, 0.25) is 0 Å². The average molecular weight is 543 g/mol. The van der Waals surface area contributed by atoms with E-state index in [9.17, 15) is 18.8 Å². The van der Waals surface area contributed by atoms with Crippen LogP contribution in [0.15, 0.2) is 79.3 Å². The number of nitrogens with zero attached hydrogens (tertiary/aromatic N) is 4. The van der Waals surface area contributed by atoms with Crippen molar-refractivity contribution in [3.05, 3.63) is 96.2 Å². The van der Waals surface area contributed by atoms with E-state index in [2.05, 4.69) is 15.4 Å². The number of nitrogen functional groups attached to an aromatic ring is 1. The molecular formula is C29H27FN6O4. The van der Waals surface area contributed by atoms with Crippen LogP contribution in [0.3, 0.4) is 0 Å². The Morgan fingerprint density at radius 2 is 1.82 bits per heavy atom. The number of halogens is 1. The third-order valence-electron chi connectivity index (χ3n) is 6.73. The summed E-state index contributed by atoms with van der Waals surface area (Å²) < 4.78 is 20.8. The quantitative estimate of drug-likeness (QED) is 0.337. The number of rotatable bonds is 7. The molecule has 0 bridgehead atoms. The molecule has 0 radical (unpaired) electrons. The minimum Gasteiger partial charge on any atom is -0.444 e. The maximum absolute atomic E-state index is 13.3. The summed E-state index contributed by atoms with van der Waals surface area (Å²) in [4.78, 5) is 44.1. The first-order valence-corrected chi connectivity index (χ1v) is 12.7. The number of nitrogens with two attached hydrogens (primary N) is 1. The Morgan fingerprint density at radius 3 is 2.52 bits per heavy atom. The highest BCUT2D eigenvalue weighted by Gasteiger charge is 2.28. The summed E-state index contributed by atoms with van der Waals surface area (Å²) >= 11 is 0. The van der Waals surface area contributed by atoms with E-state index < -0.39 is 23.8 Å². The number of aromatic nitrogens is 3. The molecule has 10 nitrogen and oxygen atoms in total. The molecule has 2 amide bonds. The van der Waals surface area contributed by atoms with Gasteiger partial charge in [0.15, 0.2) is 0 Å². The van der Waals surface area contributed by atoms with Gasteiger partial charge in [-0.05, 0) is 36.8 Å². The van der Waals surface area contributed by atoms with Gasteiger partial charge in [0.2, 0.25) is 12.0 Å². The van der Waals surface area contributed by atoms with Gasteiger partial charge >= 0.3 is 5.97 Å². The lowest BCUT2D eigenvalue weighted by Gasteiger charge is -2.18. The molecule has 3 N–H and O–H groups in total. The molecule has 0 saturated carbocycles. The number of hydrogen-bond donors (Lipinski definition) is 2. The standard InChI is InChI=1S/C29H27FN6O4/c1-18(37)35-12-11-24(17-35)36-16-21(15-33-36)20-13-25(27(31)32-14-20)29(39)40-26(19-5-3-2-4-6-19)28(38)34-23-9-7-22(30)8-10-23/h2-10,13-16,24,26H,11-12,17H2,1H3,(H2,31,32)(H,34,38)/t24?,26-/m1/s1. The Bertz CT molecular complexity index is 1540. The van der Waals surface area contributed by atoms with Crippen molar-refractivity contribution in [2.24, 2.45) is 0 Å². The largest absolute Gasteiger partial charge is 0.444 e. The molecule has 11 heteroatoms.